The molecule has 0 unspecified atom stereocenters. The van der Waals surface area contributed by atoms with Crippen LogP contribution < -0.4 is 0 Å². The van der Waals surface area contributed by atoms with E-state index < -0.39 is 11.4 Å². The first kappa shape index (κ1) is 12.9. The lowest BCUT2D eigenvalue weighted by Crippen LogP contribution is -2.59. The molecule has 4 fully saturated rings. The van der Waals surface area contributed by atoms with Gasteiger partial charge in [0, 0.05) is 6.42 Å². The van der Waals surface area contributed by atoms with Gasteiger partial charge in [0.05, 0.1) is 5.41 Å². The molecule has 0 aromatic rings. The van der Waals surface area contributed by atoms with Crippen molar-refractivity contribution < 1.29 is 14.7 Å². The number of hydrogen-bond donors (Lipinski definition) is 1. The van der Waals surface area contributed by atoms with E-state index >= 15 is 0 Å². The summed E-state index contributed by atoms with van der Waals surface area (Å²) < 4.78 is 0. The fraction of sp³-hybridized carbons (Fsp3) is 0.750. The Balaban J connectivity index is 1.66. The second-order valence-electron chi connectivity index (χ2n) is 6.79. The Morgan fingerprint density at radius 3 is 2.58 bits per heavy atom. The average Bonchev–Trinajstić information content (AvgIpc) is 2.98. The maximum absolute atomic E-state index is 11.8. The van der Waals surface area contributed by atoms with Gasteiger partial charge in [-0.15, -0.1) is 0 Å². The zero-order chi connectivity index (χ0) is 13.7. The summed E-state index contributed by atoms with van der Waals surface area (Å²) in [5, 5.41) is 9.75. The molecule has 3 nitrogen and oxygen atoms in total. The fourth-order valence-electron chi connectivity index (χ4n) is 5.33. The summed E-state index contributed by atoms with van der Waals surface area (Å²) in [6.07, 6.45) is 10.6. The number of Topliss-reactive ketones (excluding diaryl/α,β-unsaturated/α-hetero) is 1. The summed E-state index contributed by atoms with van der Waals surface area (Å²) in [7, 11) is 0. The van der Waals surface area contributed by atoms with Gasteiger partial charge in [0.25, 0.3) is 0 Å². The largest absolute Gasteiger partial charge is 0.481 e. The molecule has 3 bridgehead atoms. The van der Waals surface area contributed by atoms with Crippen LogP contribution in [-0.4, -0.2) is 16.9 Å². The van der Waals surface area contributed by atoms with Crippen molar-refractivity contribution in [3.8, 4) is 0 Å². The molecule has 3 heteroatoms. The number of allylic oxidation sites excluding steroid dienone is 2. The molecule has 1 spiro atoms. The van der Waals surface area contributed by atoms with Crippen molar-refractivity contribution in [3.63, 3.8) is 0 Å². The van der Waals surface area contributed by atoms with Crippen LogP contribution in [0.15, 0.2) is 12.2 Å². The van der Waals surface area contributed by atoms with Crippen LogP contribution in [0.2, 0.25) is 0 Å². The van der Waals surface area contributed by atoms with E-state index in [1.54, 1.807) is 6.92 Å². The third-order valence-corrected chi connectivity index (χ3v) is 6.06. The molecule has 4 aliphatic rings. The normalized spacial score (nSPS) is 42.6. The predicted octanol–water partition coefficient (Wildman–Crippen LogP) is 3.19. The number of carboxylic acids is 1. The Bertz CT molecular complexity index is 449. The summed E-state index contributed by atoms with van der Waals surface area (Å²) in [6.45, 7) is 1.58. The summed E-state index contributed by atoms with van der Waals surface area (Å²) in [5.74, 6) is 0.703. The molecule has 1 N–H and O–H groups in total. The van der Waals surface area contributed by atoms with Crippen LogP contribution in [0.5, 0.6) is 0 Å². The Labute approximate surface area is 114 Å². The van der Waals surface area contributed by atoms with Crippen molar-refractivity contribution in [3.05, 3.63) is 12.2 Å². The zero-order valence-corrected chi connectivity index (χ0v) is 11.5. The van der Waals surface area contributed by atoms with Crippen LogP contribution in [0.25, 0.3) is 0 Å². The molecule has 0 heterocycles. The minimum Gasteiger partial charge on any atom is -0.481 e. The number of aliphatic carboxylic acids is 1. The van der Waals surface area contributed by atoms with Crippen LogP contribution in [0.4, 0.5) is 0 Å². The van der Waals surface area contributed by atoms with Gasteiger partial charge in [-0.3, -0.25) is 9.59 Å². The van der Waals surface area contributed by atoms with E-state index in [4.69, 9.17) is 0 Å². The van der Waals surface area contributed by atoms with Crippen molar-refractivity contribution in [2.75, 3.05) is 0 Å². The highest BCUT2D eigenvalue weighted by molar-refractivity contribution is 5.79. The quantitative estimate of drug-likeness (QED) is 0.748. The number of rotatable bonds is 6. The molecular formula is C16H22O3. The van der Waals surface area contributed by atoms with Gasteiger partial charge in [0.15, 0.2) is 0 Å². The van der Waals surface area contributed by atoms with Crippen molar-refractivity contribution >= 4 is 11.8 Å². The van der Waals surface area contributed by atoms with E-state index in [1.165, 1.54) is 6.42 Å². The summed E-state index contributed by atoms with van der Waals surface area (Å²) in [4.78, 5) is 22.7. The van der Waals surface area contributed by atoms with Gasteiger partial charge >= 0.3 is 5.97 Å². The lowest BCUT2D eigenvalue weighted by Gasteiger charge is -2.58. The molecule has 19 heavy (non-hydrogen) atoms. The van der Waals surface area contributed by atoms with Gasteiger partial charge in [-0.25, -0.2) is 0 Å². The lowest BCUT2D eigenvalue weighted by molar-refractivity contribution is -0.188. The molecule has 0 aromatic heterocycles. The standard InChI is InChI=1S/C16H22O3/c1-11(17)5-3-2-4-7-16(14(18)19)13-10-15(16)8-6-12(13)9-15/h2-3,12-13H,4-10H2,1H3,(H,18,19)/b3-2-/t12-,13+,15+,16+/m1/s1. The highest BCUT2D eigenvalue weighted by atomic mass is 16.4. The van der Waals surface area contributed by atoms with Gasteiger partial charge in [-0.05, 0) is 62.7 Å². The van der Waals surface area contributed by atoms with Gasteiger partial charge in [-0.2, -0.15) is 0 Å². The molecule has 0 aromatic carbocycles. The Morgan fingerprint density at radius 2 is 2.11 bits per heavy atom. The van der Waals surface area contributed by atoms with Crippen molar-refractivity contribution in [2.45, 2.75) is 51.9 Å². The molecule has 0 amide bonds. The molecule has 0 radical (unpaired) electrons. The van der Waals surface area contributed by atoms with Crippen molar-refractivity contribution in [1.82, 2.24) is 0 Å². The van der Waals surface area contributed by atoms with Crippen molar-refractivity contribution in [1.29, 1.82) is 0 Å². The fourth-order valence-corrected chi connectivity index (χ4v) is 5.33. The first-order valence-electron chi connectivity index (χ1n) is 7.40. The van der Waals surface area contributed by atoms with Gasteiger partial charge in [0.1, 0.15) is 5.78 Å². The maximum atomic E-state index is 11.8. The number of carboxylic acid groups (broad SMARTS) is 1. The summed E-state index contributed by atoms with van der Waals surface area (Å²) in [6, 6.07) is 0. The Kier molecular flexibility index (Phi) is 2.84. The number of carbonyl (C=O) groups is 2. The minimum atomic E-state index is -0.564. The number of carbonyl (C=O) groups excluding carboxylic acids is 1. The van der Waals surface area contributed by atoms with Gasteiger partial charge < -0.3 is 5.11 Å². The van der Waals surface area contributed by atoms with E-state index in [0.717, 1.165) is 32.1 Å². The third kappa shape index (κ3) is 1.56. The first-order valence-corrected chi connectivity index (χ1v) is 7.40. The van der Waals surface area contributed by atoms with E-state index in [1.807, 2.05) is 12.2 Å². The van der Waals surface area contributed by atoms with Gasteiger partial charge in [0.2, 0.25) is 0 Å². The third-order valence-electron chi connectivity index (χ3n) is 6.06. The number of hydrogen-bond acceptors (Lipinski definition) is 2. The predicted molar refractivity (Wildman–Crippen MR) is 71.6 cm³/mol. The molecule has 4 aliphatic carbocycles. The van der Waals surface area contributed by atoms with Crippen LogP contribution in [0.1, 0.15) is 51.9 Å². The van der Waals surface area contributed by atoms with Crippen LogP contribution in [0.3, 0.4) is 0 Å². The molecule has 4 atom stereocenters. The molecule has 0 saturated heterocycles. The monoisotopic (exact) mass is 262 g/mol. The molecule has 104 valence electrons. The van der Waals surface area contributed by atoms with E-state index in [2.05, 4.69) is 0 Å². The SMILES string of the molecule is CC(=O)C/C=C\CC[C@@]1(C(=O)O)[C@H]2C[C@@]13CC[C@@H]2C3. The zero-order valence-electron chi connectivity index (χ0n) is 11.5. The lowest BCUT2D eigenvalue weighted by atomic mass is 9.43. The second-order valence-corrected chi connectivity index (χ2v) is 6.79. The first-order chi connectivity index (χ1) is 9.02. The molecular weight excluding hydrogens is 240 g/mol. The smallest absolute Gasteiger partial charge is 0.310 e. The summed E-state index contributed by atoms with van der Waals surface area (Å²) in [5.41, 5.74) is -0.306. The Morgan fingerprint density at radius 1 is 1.32 bits per heavy atom. The molecule has 0 aliphatic heterocycles. The van der Waals surface area contributed by atoms with Crippen LogP contribution in [-0.2, 0) is 9.59 Å². The highest BCUT2D eigenvalue weighted by Gasteiger charge is 2.78. The van der Waals surface area contributed by atoms with Crippen molar-refractivity contribution in [2.24, 2.45) is 22.7 Å². The second kappa shape index (κ2) is 4.19. The maximum Gasteiger partial charge on any atom is 0.310 e. The molecule has 4 rings (SSSR count). The molecule has 4 saturated carbocycles. The highest BCUT2D eigenvalue weighted by Crippen LogP contribution is 2.81. The Hall–Kier alpha value is -1.12. The topological polar surface area (TPSA) is 54.4 Å². The van der Waals surface area contributed by atoms with Crippen LogP contribution >= 0.6 is 0 Å². The van der Waals surface area contributed by atoms with E-state index in [-0.39, 0.29) is 11.2 Å². The average molecular weight is 262 g/mol. The minimum absolute atomic E-state index is 0.128. The van der Waals surface area contributed by atoms with E-state index in [0.29, 0.717) is 18.3 Å². The number of ketones is 1. The van der Waals surface area contributed by atoms with Crippen LogP contribution in [0, 0.1) is 22.7 Å². The van der Waals surface area contributed by atoms with E-state index in [9.17, 15) is 14.7 Å². The summed E-state index contributed by atoms with van der Waals surface area (Å²) >= 11 is 0. The van der Waals surface area contributed by atoms with Gasteiger partial charge in [-0.1, -0.05) is 12.2 Å².